The summed E-state index contributed by atoms with van der Waals surface area (Å²) in [4.78, 5) is 14.8. The Labute approximate surface area is 160 Å². The average molecular weight is 391 g/mol. The molecule has 1 aromatic carbocycles. The van der Waals surface area contributed by atoms with Gasteiger partial charge in [-0.3, -0.25) is 4.79 Å². The Bertz CT molecular complexity index is 869. The molecule has 1 saturated heterocycles. The molecule has 8 heteroatoms. The van der Waals surface area contributed by atoms with E-state index >= 15 is 0 Å². The normalized spacial score (nSPS) is 15.6. The van der Waals surface area contributed by atoms with E-state index in [9.17, 15) is 13.2 Å². The molecule has 0 saturated carbocycles. The van der Waals surface area contributed by atoms with Gasteiger partial charge in [0.15, 0.2) is 0 Å². The number of piperazine rings is 1. The highest BCUT2D eigenvalue weighted by molar-refractivity contribution is 7.90. The second-order valence-electron chi connectivity index (χ2n) is 6.75. The summed E-state index contributed by atoms with van der Waals surface area (Å²) in [6.45, 7) is 7.51. The summed E-state index contributed by atoms with van der Waals surface area (Å²) in [5.74, 6) is -0.256. The minimum absolute atomic E-state index is 0.201. The quantitative estimate of drug-likeness (QED) is 0.691. The Hall–Kier alpha value is -2.16. The second kappa shape index (κ2) is 8.69. The molecule has 2 aromatic rings. The standard InChI is InChI=1S/C19H26N4O3S/c1-16-3-5-18(6-4-16)27(25,26)23-12-7-17(15-23)19(24)21-8-2-11-22-13-9-20-10-14-22/h3-7,12,15,20H,2,8-11,13-14H2,1H3,(H,21,24). The molecule has 2 heterocycles. The minimum Gasteiger partial charge on any atom is -0.352 e. The van der Waals surface area contributed by atoms with Crippen molar-refractivity contribution in [3.05, 3.63) is 53.9 Å². The van der Waals surface area contributed by atoms with E-state index in [4.69, 9.17) is 0 Å². The van der Waals surface area contributed by atoms with Crippen LogP contribution in [-0.4, -0.2) is 62.5 Å². The van der Waals surface area contributed by atoms with E-state index in [1.807, 2.05) is 6.92 Å². The Balaban J connectivity index is 1.54. The Morgan fingerprint density at radius 1 is 1.15 bits per heavy atom. The van der Waals surface area contributed by atoms with Crippen LogP contribution in [0.25, 0.3) is 0 Å². The Morgan fingerprint density at radius 2 is 1.85 bits per heavy atom. The maximum absolute atomic E-state index is 12.6. The van der Waals surface area contributed by atoms with Gasteiger partial charge in [-0.1, -0.05) is 17.7 Å². The van der Waals surface area contributed by atoms with Crippen molar-refractivity contribution < 1.29 is 13.2 Å². The molecular formula is C19H26N4O3S. The molecule has 1 aromatic heterocycles. The van der Waals surface area contributed by atoms with E-state index in [0.29, 0.717) is 12.1 Å². The summed E-state index contributed by atoms with van der Waals surface area (Å²) in [6.07, 6.45) is 3.64. The first-order valence-corrected chi connectivity index (χ1v) is 10.6. The lowest BCUT2D eigenvalue weighted by Crippen LogP contribution is -2.44. The van der Waals surface area contributed by atoms with Crippen molar-refractivity contribution in [3.8, 4) is 0 Å². The number of benzene rings is 1. The van der Waals surface area contributed by atoms with Gasteiger partial charge in [-0.15, -0.1) is 0 Å². The fraction of sp³-hybridized carbons (Fsp3) is 0.421. The molecule has 1 fully saturated rings. The molecule has 0 spiro atoms. The summed E-state index contributed by atoms with van der Waals surface area (Å²) in [7, 11) is -3.68. The van der Waals surface area contributed by atoms with Crippen LogP contribution in [0, 0.1) is 6.92 Å². The van der Waals surface area contributed by atoms with Gasteiger partial charge in [0, 0.05) is 45.1 Å². The van der Waals surface area contributed by atoms with Gasteiger partial charge in [0.25, 0.3) is 15.9 Å². The smallest absolute Gasteiger partial charge is 0.267 e. The molecule has 0 aliphatic carbocycles. The largest absolute Gasteiger partial charge is 0.352 e. The van der Waals surface area contributed by atoms with Crippen molar-refractivity contribution in [1.82, 2.24) is 19.5 Å². The third-order valence-electron chi connectivity index (χ3n) is 4.67. The second-order valence-corrected chi connectivity index (χ2v) is 8.59. The number of hydrogen-bond acceptors (Lipinski definition) is 5. The fourth-order valence-electron chi connectivity index (χ4n) is 3.03. The van der Waals surface area contributed by atoms with Crippen LogP contribution in [0.4, 0.5) is 0 Å². The van der Waals surface area contributed by atoms with Crippen molar-refractivity contribution >= 4 is 15.9 Å². The molecule has 1 aliphatic rings. The summed E-state index contributed by atoms with van der Waals surface area (Å²) < 4.78 is 26.4. The van der Waals surface area contributed by atoms with Crippen molar-refractivity contribution in [2.24, 2.45) is 0 Å². The molecule has 0 bridgehead atoms. The van der Waals surface area contributed by atoms with Gasteiger partial charge in [-0.05, 0) is 38.1 Å². The van der Waals surface area contributed by atoms with Crippen molar-refractivity contribution in [3.63, 3.8) is 0 Å². The number of rotatable bonds is 7. The van der Waals surface area contributed by atoms with Crippen LogP contribution in [0.1, 0.15) is 22.3 Å². The SMILES string of the molecule is Cc1ccc(S(=O)(=O)n2ccc(C(=O)NCCCN3CCNCC3)c2)cc1. The van der Waals surface area contributed by atoms with Gasteiger partial charge < -0.3 is 15.5 Å². The average Bonchev–Trinajstić information content (AvgIpc) is 3.17. The topological polar surface area (TPSA) is 83.4 Å². The van der Waals surface area contributed by atoms with E-state index in [-0.39, 0.29) is 10.8 Å². The van der Waals surface area contributed by atoms with Gasteiger partial charge in [0.1, 0.15) is 0 Å². The molecule has 0 unspecified atom stereocenters. The first-order valence-electron chi connectivity index (χ1n) is 9.18. The van der Waals surface area contributed by atoms with Crippen LogP contribution in [0.5, 0.6) is 0 Å². The number of aromatic nitrogens is 1. The van der Waals surface area contributed by atoms with Crippen LogP contribution in [0.15, 0.2) is 47.6 Å². The Kier molecular flexibility index (Phi) is 6.30. The highest BCUT2D eigenvalue weighted by Gasteiger charge is 2.18. The number of nitrogens with zero attached hydrogens (tertiary/aromatic N) is 2. The monoisotopic (exact) mass is 390 g/mol. The van der Waals surface area contributed by atoms with E-state index < -0.39 is 10.0 Å². The highest BCUT2D eigenvalue weighted by Crippen LogP contribution is 2.16. The maximum atomic E-state index is 12.6. The number of hydrogen-bond donors (Lipinski definition) is 2. The van der Waals surface area contributed by atoms with Crippen molar-refractivity contribution in [2.75, 3.05) is 39.3 Å². The van der Waals surface area contributed by atoms with Crippen LogP contribution in [0.3, 0.4) is 0 Å². The Morgan fingerprint density at radius 3 is 2.56 bits per heavy atom. The first kappa shape index (κ1) is 19.6. The zero-order valence-electron chi connectivity index (χ0n) is 15.5. The first-order chi connectivity index (χ1) is 13.0. The van der Waals surface area contributed by atoms with Gasteiger partial charge in [-0.25, -0.2) is 12.4 Å². The van der Waals surface area contributed by atoms with Crippen LogP contribution < -0.4 is 10.6 Å². The summed E-state index contributed by atoms with van der Waals surface area (Å²) in [6, 6.07) is 8.17. The van der Waals surface area contributed by atoms with Gasteiger partial charge in [-0.2, -0.15) is 0 Å². The molecule has 7 nitrogen and oxygen atoms in total. The summed E-state index contributed by atoms with van der Waals surface area (Å²) >= 11 is 0. The lowest BCUT2D eigenvalue weighted by atomic mass is 10.2. The fourth-order valence-corrected chi connectivity index (χ4v) is 4.23. The number of carbonyl (C=O) groups is 1. The predicted octanol–water partition coefficient (Wildman–Crippen LogP) is 1.06. The molecule has 2 N–H and O–H groups in total. The molecule has 0 radical (unpaired) electrons. The van der Waals surface area contributed by atoms with E-state index in [1.165, 1.54) is 18.5 Å². The molecule has 1 amide bonds. The summed E-state index contributed by atoms with van der Waals surface area (Å²) in [5.41, 5.74) is 1.33. The number of amides is 1. The highest BCUT2D eigenvalue weighted by atomic mass is 32.2. The van der Waals surface area contributed by atoms with Crippen molar-refractivity contribution in [2.45, 2.75) is 18.2 Å². The predicted molar refractivity (Wildman–Crippen MR) is 104 cm³/mol. The molecule has 1 aliphatic heterocycles. The zero-order chi connectivity index (χ0) is 19.3. The number of aryl methyl sites for hydroxylation is 1. The van der Waals surface area contributed by atoms with Crippen LogP contribution >= 0.6 is 0 Å². The molecule has 146 valence electrons. The van der Waals surface area contributed by atoms with Gasteiger partial charge in [0.05, 0.1) is 10.5 Å². The lowest BCUT2D eigenvalue weighted by molar-refractivity contribution is 0.0951. The minimum atomic E-state index is -3.68. The lowest BCUT2D eigenvalue weighted by Gasteiger charge is -2.27. The van der Waals surface area contributed by atoms with E-state index in [1.54, 1.807) is 24.3 Å². The third kappa shape index (κ3) is 4.97. The van der Waals surface area contributed by atoms with Gasteiger partial charge >= 0.3 is 0 Å². The van der Waals surface area contributed by atoms with Crippen LogP contribution in [-0.2, 0) is 10.0 Å². The molecular weight excluding hydrogens is 364 g/mol. The zero-order valence-corrected chi connectivity index (χ0v) is 16.3. The number of carbonyl (C=O) groups excluding carboxylic acids is 1. The van der Waals surface area contributed by atoms with E-state index in [2.05, 4.69) is 15.5 Å². The van der Waals surface area contributed by atoms with E-state index in [0.717, 1.165) is 48.7 Å². The van der Waals surface area contributed by atoms with Crippen molar-refractivity contribution in [1.29, 1.82) is 0 Å². The van der Waals surface area contributed by atoms with Crippen LogP contribution in [0.2, 0.25) is 0 Å². The molecule has 3 rings (SSSR count). The van der Waals surface area contributed by atoms with Gasteiger partial charge in [0.2, 0.25) is 0 Å². The third-order valence-corrected chi connectivity index (χ3v) is 6.32. The molecule has 0 atom stereocenters. The molecule has 27 heavy (non-hydrogen) atoms. The summed E-state index contributed by atoms with van der Waals surface area (Å²) in [5, 5.41) is 6.17. The maximum Gasteiger partial charge on any atom is 0.267 e. The number of nitrogens with one attached hydrogen (secondary N) is 2.